The summed E-state index contributed by atoms with van der Waals surface area (Å²) in [6.07, 6.45) is 11.8. The molecule has 3 rings (SSSR count). The van der Waals surface area contributed by atoms with Gasteiger partial charge in [0, 0.05) is 0 Å². The monoisotopic (exact) mass is 226 g/mol. The fourth-order valence-corrected chi connectivity index (χ4v) is 3.36. The van der Waals surface area contributed by atoms with Gasteiger partial charge in [0.05, 0.1) is 0 Å². The van der Waals surface area contributed by atoms with Crippen LogP contribution in [0.3, 0.4) is 0 Å². The van der Waals surface area contributed by atoms with Gasteiger partial charge >= 0.3 is 0 Å². The molecule has 0 saturated heterocycles. The Hall–Kier alpha value is -1.04. The highest BCUT2D eigenvalue weighted by Crippen LogP contribution is 2.34. The molecular formula is C17H22. The number of hydrogen-bond donors (Lipinski definition) is 0. The van der Waals surface area contributed by atoms with Crippen molar-refractivity contribution in [3.05, 3.63) is 41.0 Å². The minimum absolute atomic E-state index is 0.771. The third-order valence-corrected chi connectivity index (χ3v) is 4.42. The van der Waals surface area contributed by atoms with Crippen LogP contribution in [-0.4, -0.2) is 0 Å². The van der Waals surface area contributed by atoms with Gasteiger partial charge in [-0.1, -0.05) is 31.2 Å². The number of aryl methyl sites for hydroxylation is 1. The quantitative estimate of drug-likeness (QED) is 0.626. The molecule has 0 radical (unpaired) electrons. The normalized spacial score (nSPS) is 24.1. The van der Waals surface area contributed by atoms with Crippen LogP contribution in [0.2, 0.25) is 0 Å². The zero-order valence-corrected chi connectivity index (χ0v) is 10.8. The van der Waals surface area contributed by atoms with E-state index in [2.05, 4.69) is 31.2 Å². The number of rotatable bonds is 1. The molecule has 1 aromatic carbocycles. The summed E-state index contributed by atoms with van der Waals surface area (Å²) in [5.74, 6) is 0.771. The first-order chi connectivity index (χ1) is 8.34. The Morgan fingerprint density at radius 2 is 2.00 bits per heavy atom. The summed E-state index contributed by atoms with van der Waals surface area (Å²) in [4.78, 5) is 0. The molecule has 17 heavy (non-hydrogen) atoms. The maximum absolute atomic E-state index is 2.47. The van der Waals surface area contributed by atoms with E-state index in [1.807, 2.05) is 0 Å². The van der Waals surface area contributed by atoms with Crippen molar-refractivity contribution in [3.8, 4) is 0 Å². The van der Waals surface area contributed by atoms with Gasteiger partial charge in [-0.3, -0.25) is 0 Å². The molecule has 2 aliphatic carbocycles. The SMILES string of the molecule is CC1CCCc2cc(C3=CCCCC3)ccc21. The Morgan fingerprint density at radius 3 is 2.82 bits per heavy atom. The van der Waals surface area contributed by atoms with Crippen molar-refractivity contribution in [1.82, 2.24) is 0 Å². The highest BCUT2D eigenvalue weighted by molar-refractivity contribution is 5.67. The van der Waals surface area contributed by atoms with Crippen LogP contribution in [0.25, 0.3) is 5.57 Å². The van der Waals surface area contributed by atoms with Gasteiger partial charge in [0.15, 0.2) is 0 Å². The number of hydrogen-bond acceptors (Lipinski definition) is 0. The van der Waals surface area contributed by atoms with Crippen LogP contribution in [0, 0.1) is 0 Å². The second-order valence-corrected chi connectivity index (χ2v) is 5.68. The molecule has 0 N–H and O–H groups in total. The Bertz CT molecular complexity index is 439. The van der Waals surface area contributed by atoms with E-state index in [4.69, 9.17) is 0 Å². The summed E-state index contributed by atoms with van der Waals surface area (Å²) in [5.41, 5.74) is 6.32. The van der Waals surface area contributed by atoms with E-state index in [1.165, 1.54) is 50.5 Å². The van der Waals surface area contributed by atoms with E-state index in [1.54, 1.807) is 16.7 Å². The van der Waals surface area contributed by atoms with Gasteiger partial charge in [0.25, 0.3) is 0 Å². The van der Waals surface area contributed by atoms with Crippen LogP contribution in [0.4, 0.5) is 0 Å². The first-order valence-corrected chi connectivity index (χ1v) is 7.17. The third kappa shape index (κ3) is 2.18. The molecule has 2 aliphatic rings. The van der Waals surface area contributed by atoms with Gasteiger partial charge in [0.1, 0.15) is 0 Å². The Kier molecular flexibility index (Phi) is 3.05. The van der Waals surface area contributed by atoms with Gasteiger partial charge in [-0.15, -0.1) is 0 Å². The highest BCUT2D eigenvalue weighted by atomic mass is 14.2. The van der Waals surface area contributed by atoms with E-state index in [0.717, 1.165) is 5.92 Å². The lowest BCUT2D eigenvalue weighted by Crippen LogP contribution is -2.07. The summed E-state index contributed by atoms with van der Waals surface area (Å²) in [7, 11) is 0. The maximum atomic E-state index is 2.47. The fraction of sp³-hybridized carbons (Fsp3) is 0.529. The second-order valence-electron chi connectivity index (χ2n) is 5.68. The summed E-state index contributed by atoms with van der Waals surface area (Å²) in [5, 5.41) is 0. The predicted octanol–water partition coefficient (Wildman–Crippen LogP) is 5.08. The minimum atomic E-state index is 0.771. The summed E-state index contributed by atoms with van der Waals surface area (Å²) in [6.45, 7) is 2.37. The lowest BCUT2D eigenvalue weighted by atomic mass is 9.82. The standard InChI is InChI=1S/C17H22/c1-13-6-5-9-16-12-15(10-11-17(13)16)14-7-3-2-4-8-14/h7,10-13H,2-6,8-9H2,1H3. The molecule has 0 amide bonds. The van der Waals surface area contributed by atoms with Crippen molar-refractivity contribution in [2.75, 3.05) is 0 Å². The van der Waals surface area contributed by atoms with E-state index < -0.39 is 0 Å². The Morgan fingerprint density at radius 1 is 1.06 bits per heavy atom. The van der Waals surface area contributed by atoms with Gasteiger partial charge in [-0.25, -0.2) is 0 Å². The summed E-state index contributed by atoms with van der Waals surface area (Å²) in [6, 6.07) is 7.23. The van der Waals surface area contributed by atoms with Crippen LogP contribution >= 0.6 is 0 Å². The lowest BCUT2D eigenvalue weighted by molar-refractivity contribution is 0.590. The molecule has 0 heterocycles. The van der Waals surface area contributed by atoms with Crippen molar-refractivity contribution >= 4 is 5.57 Å². The molecule has 0 fully saturated rings. The maximum Gasteiger partial charge on any atom is -0.0188 e. The van der Waals surface area contributed by atoms with Crippen LogP contribution in [0.1, 0.15) is 68.1 Å². The third-order valence-electron chi connectivity index (χ3n) is 4.42. The molecule has 0 aromatic heterocycles. The van der Waals surface area contributed by atoms with Gasteiger partial charge in [-0.05, 0) is 73.1 Å². The largest absolute Gasteiger partial charge is 0.0807 e. The van der Waals surface area contributed by atoms with E-state index in [-0.39, 0.29) is 0 Å². The average Bonchev–Trinajstić information content (AvgIpc) is 2.40. The smallest absolute Gasteiger partial charge is 0.0188 e. The zero-order chi connectivity index (χ0) is 11.7. The molecule has 0 nitrogen and oxygen atoms in total. The molecule has 0 aliphatic heterocycles. The second kappa shape index (κ2) is 4.68. The lowest BCUT2D eigenvalue weighted by Gasteiger charge is -2.23. The molecule has 0 spiro atoms. The van der Waals surface area contributed by atoms with Crippen LogP contribution in [0.5, 0.6) is 0 Å². The van der Waals surface area contributed by atoms with Crippen LogP contribution < -0.4 is 0 Å². The van der Waals surface area contributed by atoms with E-state index in [9.17, 15) is 0 Å². The summed E-state index contributed by atoms with van der Waals surface area (Å²) >= 11 is 0. The van der Waals surface area contributed by atoms with Crippen molar-refractivity contribution < 1.29 is 0 Å². The fourth-order valence-electron chi connectivity index (χ4n) is 3.36. The first-order valence-electron chi connectivity index (χ1n) is 7.17. The molecule has 1 aromatic rings. The Labute approximate surface area is 105 Å². The molecule has 90 valence electrons. The van der Waals surface area contributed by atoms with Crippen molar-refractivity contribution in [2.45, 2.75) is 57.8 Å². The van der Waals surface area contributed by atoms with E-state index in [0.29, 0.717) is 0 Å². The number of fused-ring (bicyclic) bond motifs is 1. The topological polar surface area (TPSA) is 0 Å². The molecule has 0 bridgehead atoms. The van der Waals surface area contributed by atoms with Gasteiger partial charge in [0.2, 0.25) is 0 Å². The average molecular weight is 226 g/mol. The number of allylic oxidation sites excluding steroid dienone is 2. The minimum Gasteiger partial charge on any atom is -0.0807 e. The zero-order valence-electron chi connectivity index (χ0n) is 10.8. The van der Waals surface area contributed by atoms with Crippen molar-refractivity contribution in [1.29, 1.82) is 0 Å². The highest BCUT2D eigenvalue weighted by Gasteiger charge is 2.17. The molecular weight excluding hydrogens is 204 g/mol. The van der Waals surface area contributed by atoms with Crippen LogP contribution in [0.15, 0.2) is 24.3 Å². The van der Waals surface area contributed by atoms with Crippen molar-refractivity contribution in [3.63, 3.8) is 0 Å². The number of benzene rings is 1. The molecule has 0 saturated carbocycles. The van der Waals surface area contributed by atoms with Gasteiger partial charge in [-0.2, -0.15) is 0 Å². The summed E-state index contributed by atoms with van der Waals surface area (Å²) < 4.78 is 0. The van der Waals surface area contributed by atoms with E-state index >= 15 is 0 Å². The van der Waals surface area contributed by atoms with Gasteiger partial charge < -0.3 is 0 Å². The van der Waals surface area contributed by atoms with Crippen molar-refractivity contribution in [2.24, 2.45) is 0 Å². The van der Waals surface area contributed by atoms with Crippen LogP contribution in [-0.2, 0) is 6.42 Å². The molecule has 1 atom stereocenters. The Balaban J connectivity index is 1.95. The predicted molar refractivity (Wildman–Crippen MR) is 74.2 cm³/mol. The first kappa shape index (κ1) is 11.1. The molecule has 1 unspecified atom stereocenters. The molecule has 0 heteroatoms.